The van der Waals surface area contributed by atoms with Crippen molar-refractivity contribution in [3.8, 4) is 0 Å². The lowest BCUT2D eigenvalue weighted by Gasteiger charge is -2.28. The van der Waals surface area contributed by atoms with Crippen LogP contribution in [0.3, 0.4) is 0 Å². The Morgan fingerprint density at radius 1 is 1.04 bits per heavy atom. The highest BCUT2D eigenvalue weighted by Gasteiger charge is 2.40. The Morgan fingerprint density at radius 2 is 1.67 bits per heavy atom. The monoisotopic (exact) mass is 368 g/mol. The van der Waals surface area contributed by atoms with E-state index in [0.29, 0.717) is 5.69 Å². The van der Waals surface area contributed by atoms with E-state index in [1.807, 2.05) is 31.1 Å². The van der Waals surface area contributed by atoms with Gasteiger partial charge in [-0.2, -0.15) is 0 Å². The largest absolute Gasteiger partial charge is 0.378 e. The zero-order valence-electron chi connectivity index (χ0n) is 14.7. The second-order valence-electron chi connectivity index (χ2n) is 6.11. The molecular weight excluding hydrogens is 351 g/mol. The van der Waals surface area contributed by atoms with Crippen LogP contribution in [0.1, 0.15) is 0 Å². The van der Waals surface area contributed by atoms with Crippen molar-refractivity contribution in [2.24, 2.45) is 10.9 Å². The Morgan fingerprint density at radius 3 is 2.26 bits per heavy atom. The number of imide groups is 2. The smallest absolute Gasteiger partial charge is 0.335 e. The molecule has 1 atom stereocenters. The summed E-state index contributed by atoms with van der Waals surface area (Å²) in [5.41, 5.74) is 1.71. The number of anilines is 2. The fourth-order valence-electron chi connectivity index (χ4n) is 2.55. The maximum Gasteiger partial charge on any atom is 0.335 e. The van der Waals surface area contributed by atoms with Crippen molar-refractivity contribution < 1.29 is 18.8 Å². The average Bonchev–Trinajstić information content (AvgIpc) is 2.63. The van der Waals surface area contributed by atoms with Crippen molar-refractivity contribution >= 4 is 41.1 Å². The number of halogens is 1. The predicted molar refractivity (Wildman–Crippen MR) is 99.8 cm³/mol. The summed E-state index contributed by atoms with van der Waals surface area (Å²) in [6, 6.07) is 11.2. The molecule has 0 aliphatic carbocycles. The summed E-state index contributed by atoms with van der Waals surface area (Å²) in [6.07, 6.45) is 1.20. The Bertz CT molecular complexity index is 908. The number of benzene rings is 2. The highest BCUT2D eigenvalue weighted by molar-refractivity contribution is 6.32. The molecule has 0 radical (unpaired) electrons. The first-order valence-electron chi connectivity index (χ1n) is 8.13. The fourth-order valence-corrected chi connectivity index (χ4v) is 2.55. The van der Waals surface area contributed by atoms with Gasteiger partial charge in [0.1, 0.15) is 5.82 Å². The number of rotatable bonds is 4. The number of hydrogen-bond acceptors (Lipinski definition) is 5. The van der Waals surface area contributed by atoms with Crippen molar-refractivity contribution in [1.82, 2.24) is 5.32 Å². The third kappa shape index (κ3) is 3.84. The molecule has 4 amide bonds. The molecular formula is C19H17FN4O3. The topological polar surface area (TPSA) is 82.1 Å². The quantitative estimate of drug-likeness (QED) is 0.664. The van der Waals surface area contributed by atoms with Gasteiger partial charge in [-0.05, 0) is 48.5 Å². The minimum atomic E-state index is -1.26. The SMILES string of the molecule is CN(C)c1ccc(N=CC2C(=O)NC(=O)N(c3ccc(F)cc3)C2=O)cc1. The van der Waals surface area contributed by atoms with Gasteiger partial charge in [0, 0.05) is 26.0 Å². The first kappa shape index (κ1) is 18.2. The van der Waals surface area contributed by atoms with Crippen LogP contribution in [0.25, 0.3) is 0 Å². The summed E-state index contributed by atoms with van der Waals surface area (Å²) in [6.45, 7) is 0. The molecule has 1 unspecified atom stereocenters. The summed E-state index contributed by atoms with van der Waals surface area (Å²) < 4.78 is 13.1. The number of amides is 4. The Balaban J connectivity index is 1.83. The second-order valence-corrected chi connectivity index (χ2v) is 6.11. The van der Waals surface area contributed by atoms with Crippen LogP contribution in [-0.4, -0.2) is 38.2 Å². The van der Waals surface area contributed by atoms with Gasteiger partial charge >= 0.3 is 6.03 Å². The second kappa shape index (κ2) is 7.36. The molecule has 1 heterocycles. The molecule has 0 bridgehead atoms. The van der Waals surface area contributed by atoms with Gasteiger partial charge < -0.3 is 4.90 Å². The van der Waals surface area contributed by atoms with E-state index >= 15 is 0 Å². The maximum absolute atomic E-state index is 13.1. The van der Waals surface area contributed by atoms with Gasteiger partial charge in [0.15, 0.2) is 5.92 Å². The molecule has 3 rings (SSSR count). The Kier molecular flexibility index (Phi) is 4.98. The molecule has 1 aliphatic rings. The van der Waals surface area contributed by atoms with Crippen molar-refractivity contribution in [2.75, 3.05) is 23.9 Å². The molecule has 1 N–H and O–H groups in total. The van der Waals surface area contributed by atoms with Crippen LogP contribution in [-0.2, 0) is 9.59 Å². The van der Waals surface area contributed by atoms with Crippen LogP contribution < -0.4 is 15.1 Å². The minimum Gasteiger partial charge on any atom is -0.378 e. The normalized spacial score (nSPS) is 17.4. The molecule has 2 aromatic rings. The third-order valence-corrected chi connectivity index (χ3v) is 4.03. The number of urea groups is 1. The lowest BCUT2D eigenvalue weighted by molar-refractivity contribution is -0.131. The zero-order chi connectivity index (χ0) is 19.6. The Hall–Kier alpha value is -3.55. The molecule has 0 saturated carbocycles. The van der Waals surface area contributed by atoms with Gasteiger partial charge in [-0.1, -0.05) is 0 Å². The van der Waals surface area contributed by atoms with Crippen LogP contribution in [0.4, 0.5) is 26.2 Å². The van der Waals surface area contributed by atoms with E-state index in [0.717, 1.165) is 22.7 Å². The van der Waals surface area contributed by atoms with E-state index in [-0.39, 0.29) is 5.69 Å². The number of aliphatic imine (C=N–C) groups is 1. The van der Waals surface area contributed by atoms with Gasteiger partial charge in [0.25, 0.3) is 5.91 Å². The van der Waals surface area contributed by atoms with Crippen LogP contribution in [0, 0.1) is 11.7 Å². The molecule has 2 aromatic carbocycles. The number of carbonyl (C=O) groups is 3. The molecule has 1 fully saturated rings. The lowest BCUT2D eigenvalue weighted by atomic mass is 10.1. The summed E-state index contributed by atoms with van der Waals surface area (Å²) >= 11 is 0. The number of barbiturate groups is 1. The van der Waals surface area contributed by atoms with Gasteiger partial charge in [-0.25, -0.2) is 14.1 Å². The van der Waals surface area contributed by atoms with Gasteiger partial charge in [0.05, 0.1) is 11.4 Å². The Labute approximate surface area is 155 Å². The van der Waals surface area contributed by atoms with Crippen LogP contribution in [0.2, 0.25) is 0 Å². The molecule has 8 heteroatoms. The number of nitrogens with one attached hydrogen (secondary N) is 1. The van der Waals surface area contributed by atoms with Crippen LogP contribution in [0.5, 0.6) is 0 Å². The third-order valence-electron chi connectivity index (χ3n) is 4.03. The van der Waals surface area contributed by atoms with Gasteiger partial charge in [-0.3, -0.25) is 19.9 Å². The van der Waals surface area contributed by atoms with Gasteiger partial charge in [-0.15, -0.1) is 0 Å². The molecule has 1 aliphatic heterocycles. The lowest BCUT2D eigenvalue weighted by Crippen LogP contribution is -2.58. The summed E-state index contributed by atoms with van der Waals surface area (Å²) in [5.74, 6) is -3.26. The van der Waals surface area contributed by atoms with Crippen molar-refractivity contribution in [3.63, 3.8) is 0 Å². The van der Waals surface area contributed by atoms with Gasteiger partial charge in [0.2, 0.25) is 5.91 Å². The van der Waals surface area contributed by atoms with E-state index in [2.05, 4.69) is 10.3 Å². The van der Waals surface area contributed by atoms with Crippen molar-refractivity contribution in [1.29, 1.82) is 0 Å². The first-order valence-corrected chi connectivity index (χ1v) is 8.13. The van der Waals surface area contributed by atoms with Crippen LogP contribution in [0.15, 0.2) is 53.5 Å². The van der Waals surface area contributed by atoms with Crippen molar-refractivity contribution in [2.45, 2.75) is 0 Å². The molecule has 27 heavy (non-hydrogen) atoms. The summed E-state index contributed by atoms with van der Waals surface area (Å²) in [7, 11) is 3.81. The number of nitrogens with zero attached hydrogens (tertiary/aromatic N) is 3. The average molecular weight is 368 g/mol. The van der Waals surface area contributed by atoms with E-state index in [1.165, 1.54) is 18.3 Å². The zero-order valence-corrected chi connectivity index (χ0v) is 14.7. The highest BCUT2D eigenvalue weighted by Crippen LogP contribution is 2.22. The predicted octanol–water partition coefficient (Wildman–Crippen LogP) is 2.49. The standard InChI is InChI=1S/C19H17FN4O3/c1-23(2)14-9-5-13(6-10-14)21-11-16-17(25)22-19(27)24(18(16)26)15-7-3-12(20)4-8-15/h3-11,16H,1-2H3,(H,22,25,27). The van der Waals surface area contributed by atoms with E-state index in [4.69, 9.17) is 0 Å². The minimum absolute atomic E-state index is 0.167. The number of hydrogen-bond donors (Lipinski definition) is 1. The molecule has 138 valence electrons. The molecule has 0 aromatic heterocycles. The van der Waals surface area contributed by atoms with Crippen molar-refractivity contribution in [3.05, 3.63) is 54.3 Å². The summed E-state index contributed by atoms with van der Waals surface area (Å²) in [5, 5.41) is 2.12. The molecule has 1 saturated heterocycles. The first-order chi connectivity index (χ1) is 12.9. The number of carbonyl (C=O) groups excluding carboxylic acids is 3. The fraction of sp³-hybridized carbons (Fsp3) is 0.158. The molecule has 7 nitrogen and oxygen atoms in total. The molecule has 0 spiro atoms. The van der Waals surface area contributed by atoms with E-state index < -0.39 is 29.6 Å². The maximum atomic E-state index is 13.1. The van der Waals surface area contributed by atoms with Crippen LogP contribution >= 0.6 is 0 Å². The van der Waals surface area contributed by atoms with E-state index in [1.54, 1.807) is 12.1 Å². The highest BCUT2D eigenvalue weighted by atomic mass is 19.1. The summed E-state index contributed by atoms with van der Waals surface area (Å²) in [4.78, 5) is 43.7. The van der Waals surface area contributed by atoms with E-state index in [9.17, 15) is 18.8 Å².